The second-order valence-corrected chi connectivity index (χ2v) is 3.60. The van der Waals surface area contributed by atoms with Gasteiger partial charge in [-0.15, -0.1) is 0 Å². The summed E-state index contributed by atoms with van der Waals surface area (Å²) in [6.07, 6.45) is 1.38. The summed E-state index contributed by atoms with van der Waals surface area (Å²) < 4.78 is 5.15. The van der Waals surface area contributed by atoms with E-state index in [9.17, 15) is 4.79 Å². The third-order valence-corrected chi connectivity index (χ3v) is 2.44. The van der Waals surface area contributed by atoms with Crippen molar-refractivity contribution in [1.82, 2.24) is 0 Å². The van der Waals surface area contributed by atoms with E-state index in [1.807, 2.05) is 6.92 Å². The molecular formula is C9H16O3. The third-order valence-electron chi connectivity index (χ3n) is 2.44. The molecule has 0 aromatic rings. The number of aliphatic hydroxyl groups excluding tert-OH is 1. The number of rotatable bonds is 2. The van der Waals surface area contributed by atoms with Crippen LogP contribution in [0.5, 0.6) is 0 Å². The molecule has 1 aliphatic heterocycles. The van der Waals surface area contributed by atoms with E-state index in [0.717, 1.165) is 6.42 Å². The van der Waals surface area contributed by atoms with Crippen LogP contribution in [0.4, 0.5) is 0 Å². The Balaban J connectivity index is 2.49. The summed E-state index contributed by atoms with van der Waals surface area (Å²) in [4.78, 5) is 11.1. The summed E-state index contributed by atoms with van der Waals surface area (Å²) in [5, 5.41) is 8.70. The highest BCUT2D eigenvalue weighted by atomic mass is 16.5. The van der Waals surface area contributed by atoms with Crippen LogP contribution in [0.3, 0.4) is 0 Å². The fourth-order valence-electron chi connectivity index (χ4n) is 1.66. The molecule has 0 radical (unpaired) electrons. The molecular weight excluding hydrogens is 156 g/mol. The minimum atomic E-state index is -0.119. The summed E-state index contributed by atoms with van der Waals surface area (Å²) in [5.74, 6) is 0.284. The van der Waals surface area contributed by atoms with Crippen molar-refractivity contribution in [3.05, 3.63) is 0 Å². The van der Waals surface area contributed by atoms with Gasteiger partial charge in [0.1, 0.15) is 6.10 Å². The highest BCUT2D eigenvalue weighted by Gasteiger charge is 2.31. The van der Waals surface area contributed by atoms with Crippen molar-refractivity contribution in [2.45, 2.75) is 32.8 Å². The minimum Gasteiger partial charge on any atom is -0.462 e. The second kappa shape index (κ2) is 3.90. The van der Waals surface area contributed by atoms with E-state index in [-0.39, 0.29) is 24.6 Å². The average Bonchev–Trinajstić information content (AvgIpc) is 2.01. The summed E-state index contributed by atoms with van der Waals surface area (Å²) >= 11 is 0. The van der Waals surface area contributed by atoms with Crippen LogP contribution in [0.2, 0.25) is 0 Å². The quantitative estimate of drug-likeness (QED) is 0.631. The van der Waals surface area contributed by atoms with Gasteiger partial charge < -0.3 is 9.84 Å². The number of ether oxygens (including phenoxy) is 1. The van der Waals surface area contributed by atoms with Gasteiger partial charge in [0.05, 0.1) is 5.92 Å². The van der Waals surface area contributed by atoms with Gasteiger partial charge in [0.15, 0.2) is 0 Å². The van der Waals surface area contributed by atoms with E-state index in [1.165, 1.54) is 0 Å². The van der Waals surface area contributed by atoms with Crippen LogP contribution in [0.15, 0.2) is 0 Å². The van der Waals surface area contributed by atoms with E-state index in [2.05, 4.69) is 6.92 Å². The van der Waals surface area contributed by atoms with Crippen LogP contribution in [0, 0.1) is 11.8 Å². The summed E-state index contributed by atoms with van der Waals surface area (Å²) in [6.45, 7) is 4.04. The summed E-state index contributed by atoms with van der Waals surface area (Å²) in [5.41, 5.74) is 0. The number of carbonyl (C=O) groups is 1. The number of hydrogen-bond acceptors (Lipinski definition) is 3. The van der Waals surface area contributed by atoms with E-state index in [1.54, 1.807) is 0 Å². The van der Waals surface area contributed by atoms with Gasteiger partial charge in [-0.25, -0.2) is 0 Å². The molecule has 1 N–H and O–H groups in total. The average molecular weight is 172 g/mol. The molecule has 1 fully saturated rings. The molecule has 0 bridgehead atoms. The molecule has 0 saturated carbocycles. The fraction of sp³-hybridized carbons (Fsp3) is 0.889. The lowest BCUT2D eigenvalue weighted by Crippen LogP contribution is -2.36. The van der Waals surface area contributed by atoms with Crippen LogP contribution in [0.25, 0.3) is 0 Å². The third kappa shape index (κ3) is 1.97. The molecule has 0 aromatic carbocycles. The monoisotopic (exact) mass is 172 g/mol. The molecule has 0 unspecified atom stereocenters. The smallest absolute Gasteiger partial charge is 0.308 e. The van der Waals surface area contributed by atoms with Crippen LogP contribution in [-0.2, 0) is 9.53 Å². The molecule has 0 spiro atoms. The Morgan fingerprint density at radius 2 is 2.25 bits per heavy atom. The van der Waals surface area contributed by atoms with E-state index < -0.39 is 0 Å². The predicted molar refractivity (Wildman–Crippen MR) is 44.5 cm³/mol. The van der Waals surface area contributed by atoms with Gasteiger partial charge in [-0.1, -0.05) is 13.8 Å². The Bertz CT molecular complexity index is 167. The van der Waals surface area contributed by atoms with Crippen molar-refractivity contribution in [3.63, 3.8) is 0 Å². The molecule has 1 heterocycles. The topological polar surface area (TPSA) is 46.5 Å². The van der Waals surface area contributed by atoms with Gasteiger partial charge in [0, 0.05) is 13.0 Å². The largest absolute Gasteiger partial charge is 0.462 e. The van der Waals surface area contributed by atoms with Gasteiger partial charge >= 0.3 is 5.97 Å². The molecule has 1 aliphatic rings. The van der Waals surface area contributed by atoms with Crippen LogP contribution in [-0.4, -0.2) is 23.8 Å². The predicted octanol–water partition coefficient (Wildman–Crippen LogP) is 0.956. The van der Waals surface area contributed by atoms with E-state index in [0.29, 0.717) is 12.3 Å². The lowest BCUT2D eigenvalue weighted by Gasteiger charge is -2.31. The molecule has 1 rings (SSSR count). The zero-order valence-corrected chi connectivity index (χ0v) is 7.62. The highest BCUT2D eigenvalue weighted by Crippen LogP contribution is 2.26. The van der Waals surface area contributed by atoms with Gasteiger partial charge in [0.2, 0.25) is 0 Å². The number of cyclic esters (lactones) is 1. The zero-order chi connectivity index (χ0) is 9.14. The molecule has 3 heteroatoms. The summed E-state index contributed by atoms with van der Waals surface area (Å²) in [6, 6.07) is 0. The zero-order valence-electron chi connectivity index (χ0n) is 7.62. The van der Waals surface area contributed by atoms with Crippen LogP contribution >= 0.6 is 0 Å². The Hall–Kier alpha value is -0.570. The first-order valence-electron chi connectivity index (χ1n) is 4.46. The van der Waals surface area contributed by atoms with E-state index >= 15 is 0 Å². The Morgan fingerprint density at radius 1 is 1.58 bits per heavy atom. The normalized spacial score (nSPS) is 36.2. The van der Waals surface area contributed by atoms with Gasteiger partial charge in [-0.2, -0.15) is 0 Å². The molecule has 1 saturated heterocycles. The van der Waals surface area contributed by atoms with Crippen molar-refractivity contribution < 1.29 is 14.6 Å². The van der Waals surface area contributed by atoms with Crippen molar-refractivity contribution in [1.29, 1.82) is 0 Å². The Labute approximate surface area is 72.7 Å². The van der Waals surface area contributed by atoms with Crippen molar-refractivity contribution in [2.75, 3.05) is 6.61 Å². The Kier molecular flexibility index (Phi) is 3.09. The minimum absolute atomic E-state index is 0.0231. The van der Waals surface area contributed by atoms with Gasteiger partial charge in [0.25, 0.3) is 0 Å². The van der Waals surface area contributed by atoms with E-state index in [4.69, 9.17) is 9.84 Å². The number of aliphatic hydroxyl groups is 1. The number of carbonyl (C=O) groups excluding carboxylic acids is 1. The maximum atomic E-state index is 11.1. The molecule has 12 heavy (non-hydrogen) atoms. The lowest BCUT2D eigenvalue weighted by atomic mass is 9.88. The number of hydrogen-bond donors (Lipinski definition) is 1. The SMILES string of the molecule is C[C@H]1C[C@H](C)[C@H](CCO)OC1=O. The number of esters is 1. The van der Waals surface area contributed by atoms with Crippen LogP contribution in [0.1, 0.15) is 26.7 Å². The van der Waals surface area contributed by atoms with Crippen molar-refractivity contribution in [3.8, 4) is 0 Å². The molecule has 3 nitrogen and oxygen atoms in total. The summed E-state index contributed by atoms with van der Waals surface area (Å²) in [7, 11) is 0. The first kappa shape index (κ1) is 9.52. The lowest BCUT2D eigenvalue weighted by molar-refractivity contribution is -0.165. The molecule has 0 amide bonds. The maximum absolute atomic E-state index is 11.1. The second-order valence-electron chi connectivity index (χ2n) is 3.60. The first-order valence-corrected chi connectivity index (χ1v) is 4.46. The molecule has 3 atom stereocenters. The fourth-order valence-corrected chi connectivity index (χ4v) is 1.66. The van der Waals surface area contributed by atoms with Gasteiger partial charge in [-0.05, 0) is 12.3 Å². The highest BCUT2D eigenvalue weighted by molar-refractivity contribution is 5.72. The van der Waals surface area contributed by atoms with Crippen molar-refractivity contribution in [2.24, 2.45) is 11.8 Å². The van der Waals surface area contributed by atoms with Crippen LogP contribution < -0.4 is 0 Å². The van der Waals surface area contributed by atoms with Gasteiger partial charge in [-0.3, -0.25) is 4.79 Å². The maximum Gasteiger partial charge on any atom is 0.308 e. The first-order chi connectivity index (χ1) is 5.65. The molecule has 0 aromatic heterocycles. The van der Waals surface area contributed by atoms with Crippen molar-refractivity contribution >= 4 is 5.97 Å². The molecule has 70 valence electrons. The Morgan fingerprint density at radius 3 is 2.83 bits per heavy atom. The molecule has 0 aliphatic carbocycles. The standard InChI is InChI=1S/C9H16O3/c1-6-5-7(2)9(11)12-8(6)3-4-10/h6-8,10H,3-5H2,1-2H3/t6-,7-,8-/m0/s1.